The molecule has 0 saturated heterocycles. The van der Waals surface area contributed by atoms with E-state index in [9.17, 15) is 9.59 Å². The summed E-state index contributed by atoms with van der Waals surface area (Å²) in [5, 5.41) is 3.08. The molecule has 1 rings (SSSR count). The minimum atomic E-state index is -0.0739. The van der Waals surface area contributed by atoms with Crippen molar-refractivity contribution in [3.8, 4) is 0 Å². The van der Waals surface area contributed by atoms with Gasteiger partial charge in [0.15, 0.2) is 0 Å². The maximum atomic E-state index is 11.7. The molecule has 0 aromatic rings. The van der Waals surface area contributed by atoms with Crippen LogP contribution in [0.1, 0.15) is 65.2 Å². The first kappa shape index (κ1) is 16.0. The van der Waals surface area contributed by atoms with E-state index in [0.717, 1.165) is 44.9 Å². The number of carbonyl (C=O) groups excluding carboxylic acids is 2. The third-order valence-electron chi connectivity index (χ3n) is 3.72. The van der Waals surface area contributed by atoms with Crippen LogP contribution in [0.15, 0.2) is 0 Å². The van der Waals surface area contributed by atoms with Crippen molar-refractivity contribution in [1.82, 2.24) is 5.32 Å². The molecule has 0 atom stereocenters. The fraction of sp³-hybridized carbons (Fsp3) is 0.867. The quantitative estimate of drug-likeness (QED) is 0.571. The van der Waals surface area contributed by atoms with Crippen LogP contribution in [0.2, 0.25) is 0 Å². The zero-order chi connectivity index (χ0) is 14.1. The molecule has 1 amide bonds. The molecule has 4 nitrogen and oxygen atoms in total. The van der Waals surface area contributed by atoms with Gasteiger partial charge in [0.2, 0.25) is 5.91 Å². The summed E-state index contributed by atoms with van der Waals surface area (Å²) in [4.78, 5) is 23.3. The van der Waals surface area contributed by atoms with Crippen molar-refractivity contribution in [3.63, 3.8) is 0 Å². The molecule has 0 aliphatic heterocycles. The largest absolute Gasteiger partial charge is 0.466 e. The normalized spacial score (nSPS) is 22.8. The highest BCUT2D eigenvalue weighted by atomic mass is 16.5. The Morgan fingerprint density at radius 2 is 1.79 bits per heavy atom. The second kappa shape index (κ2) is 8.94. The topological polar surface area (TPSA) is 55.4 Å². The number of rotatable bonds is 7. The minimum absolute atomic E-state index is 0.0354. The second-order valence-electron chi connectivity index (χ2n) is 5.33. The predicted molar refractivity (Wildman–Crippen MR) is 74.7 cm³/mol. The van der Waals surface area contributed by atoms with Gasteiger partial charge in [0.1, 0.15) is 0 Å². The molecule has 1 aliphatic rings. The zero-order valence-corrected chi connectivity index (χ0v) is 12.2. The van der Waals surface area contributed by atoms with Gasteiger partial charge in [-0.05, 0) is 39.0 Å². The van der Waals surface area contributed by atoms with Gasteiger partial charge in [-0.25, -0.2) is 0 Å². The molecular formula is C15H27NO3. The lowest BCUT2D eigenvalue weighted by atomic mass is 9.86. The number of hydrogen-bond donors (Lipinski definition) is 1. The maximum Gasteiger partial charge on any atom is 0.308 e. The molecule has 0 radical (unpaired) electrons. The Morgan fingerprint density at radius 1 is 1.11 bits per heavy atom. The van der Waals surface area contributed by atoms with Crippen molar-refractivity contribution in [3.05, 3.63) is 0 Å². The van der Waals surface area contributed by atoms with Gasteiger partial charge in [-0.2, -0.15) is 0 Å². The van der Waals surface area contributed by atoms with Crippen LogP contribution < -0.4 is 5.32 Å². The van der Waals surface area contributed by atoms with Crippen molar-refractivity contribution in [2.24, 2.45) is 5.92 Å². The lowest BCUT2D eigenvalue weighted by Gasteiger charge is -2.27. The van der Waals surface area contributed by atoms with Crippen molar-refractivity contribution in [2.75, 3.05) is 6.61 Å². The average molecular weight is 269 g/mol. The van der Waals surface area contributed by atoms with E-state index in [0.29, 0.717) is 13.0 Å². The van der Waals surface area contributed by atoms with E-state index < -0.39 is 0 Å². The molecule has 19 heavy (non-hydrogen) atoms. The Hall–Kier alpha value is -1.06. The van der Waals surface area contributed by atoms with E-state index in [1.165, 1.54) is 0 Å². The standard InChI is InChI=1S/C15H27NO3/c1-3-5-6-7-14(17)16-13-10-8-12(9-11-13)15(18)19-4-2/h12-13H,3-11H2,1-2H3,(H,16,17). The minimum Gasteiger partial charge on any atom is -0.466 e. The third kappa shape index (κ3) is 6.08. The van der Waals surface area contributed by atoms with Crippen molar-refractivity contribution >= 4 is 11.9 Å². The summed E-state index contributed by atoms with van der Waals surface area (Å²) < 4.78 is 5.04. The average Bonchev–Trinajstić information content (AvgIpc) is 2.40. The summed E-state index contributed by atoms with van der Waals surface area (Å²) in [7, 11) is 0. The van der Waals surface area contributed by atoms with Crippen LogP contribution in [0.4, 0.5) is 0 Å². The van der Waals surface area contributed by atoms with E-state index in [1.54, 1.807) is 0 Å². The van der Waals surface area contributed by atoms with Crippen LogP contribution in [0.25, 0.3) is 0 Å². The lowest BCUT2D eigenvalue weighted by Crippen LogP contribution is -2.38. The van der Waals surface area contributed by atoms with Gasteiger partial charge in [-0.15, -0.1) is 0 Å². The Morgan fingerprint density at radius 3 is 2.37 bits per heavy atom. The molecule has 0 aromatic carbocycles. The number of nitrogens with one attached hydrogen (secondary N) is 1. The number of unbranched alkanes of at least 4 members (excludes halogenated alkanes) is 2. The van der Waals surface area contributed by atoms with Crippen LogP contribution >= 0.6 is 0 Å². The Kier molecular flexibility index (Phi) is 7.53. The first-order chi connectivity index (χ1) is 9.17. The summed E-state index contributed by atoms with van der Waals surface area (Å²) in [6.45, 7) is 4.42. The van der Waals surface area contributed by atoms with E-state index >= 15 is 0 Å². The fourth-order valence-corrected chi connectivity index (χ4v) is 2.57. The monoisotopic (exact) mass is 269 g/mol. The molecule has 1 saturated carbocycles. The Balaban J connectivity index is 2.19. The highest BCUT2D eigenvalue weighted by Gasteiger charge is 2.27. The molecule has 1 N–H and O–H groups in total. The fourth-order valence-electron chi connectivity index (χ4n) is 2.57. The molecule has 1 aliphatic carbocycles. The van der Waals surface area contributed by atoms with Crippen LogP contribution in [-0.2, 0) is 14.3 Å². The summed E-state index contributed by atoms with van der Waals surface area (Å²) in [5.74, 6) is 0.122. The molecule has 0 heterocycles. The van der Waals surface area contributed by atoms with Gasteiger partial charge in [0.05, 0.1) is 12.5 Å². The Bertz CT molecular complexity index is 283. The summed E-state index contributed by atoms with van der Waals surface area (Å²) >= 11 is 0. The molecule has 0 aromatic heterocycles. The van der Waals surface area contributed by atoms with E-state index in [2.05, 4.69) is 12.2 Å². The predicted octanol–water partition coefficient (Wildman–Crippen LogP) is 2.80. The SMILES string of the molecule is CCCCCC(=O)NC1CCC(C(=O)OCC)CC1. The zero-order valence-electron chi connectivity index (χ0n) is 12.2. The molecule has 110 valence electrons. The molecular weight excluding hydrogens is 242 g/mol. The van der Waals surface area contributed by atoms with E-state index in [4.69, 9.17) is 4.74 Å². The smallest absolute Gasteiger partial charge is 0.308 e. The number of carbonyl (C=O) groups is 2. The highest BCUT2D eigenvalue weighted by Crippen LogP contribution is 2.25. The lowest BCUT2D eigenvalue weighted by molar-refractivity contribution is -0.149. The number of ether oxygens (including phenoxy) is 1. The van der Waals surface area contributed by atoms with Crippen LogP contribution in [-0.4, -0.2) is 24.5 Å². The van der Waals surface area contributed by atoms with E-state index in [1.807, 2.05) is 6.92 Å². The van der Waals surface area contributed by atoms with Crippen LogP contribution in [0, 0.1) is 5.92 Å². The number of amides is 1. The highest BCUT2D eigenvalue weighted by molar-refractivity contribution is 5.76. The molecule has 0 bridgehead atoms. The number of hydrogen-bond acceptors (Lipinski definition) is 3. The van der Waals surface area contributed by atoms with Crippen LogP contribution in [0.3, 0.4) is 0 Å². The second-order valence-corrected chi connectivity index (χ2v) is 5.33. The van der Waals surface area contributed by atoms with Gasteiger partial charge in [0, 0.05) is 12.5 Å². The summed E-state index contributed by atoms with van der Waals surface area (Å²) in [5.41, 5.74) is 0. The molecule has 0 spiro atoms. The van der Waals surface area contributed by atoms with E-state index in [-0.39, 0.29) is 23.8 Å². The van der Waals surface area contributed by atoms with Crippen molar-refractivity contribution < 1.29 is 14.3 Å². The summed E-state index contributed by atoms with van der Waals surface area (Å²) in [6.07, 6.45) is 7.30. The van der Waals surface area contributed by atoms with Gasteiger partial charge >= 0.3 is 5.97 Å². The first-order valence-corrected chi connectivity index (χ1v) is 7.63. The summed E-state index contributed by atoms with van der Waals surface area (Å²) in [6, 6.07) is 0.250. The van der Waals surface area contributed by atoms with Crippen molar-refractivity contribution in [2.45, 2.75) is 71.3 Å². The molecule has 4 heteroatoms. The first-order valence-electron chi connectivity index (χ1n) is 7.63. The van der Waals surface area contributed by atoms with Gasteiger partial charge in [-0.3, -0.25) is 9.59 Å². The maximum absolute atomic E-state index is 11.7. The van der Waals surface area contributed by atoms with Gasteiger partial charge in [-0.1, -0.05) is 19.8 Å². The van der Waals surface area contributed by atoms with Crippen LogP contribution in [0.5, 0.6) is 0 Å². The van der Waals surface area contributed by atoms with Crippen molar-refractivity contribution in [1.29, 1.82) is 0 Å². The Labute approximate surface area is 116 Å². The molecule has 1 fully saturated rings. The molecule has 0 unspecified atom stereocenters. The van der Waals surface area contributed by atoms with Gasteiger partial charge in [0.25, 0.3) is 0 Å². The third-order valence-corrected chi connectivity index (χ3v) is 3.72. The number of esters is 1. The van der Waals surface area contributed by atoms with Gasteiger partial charge < -0.3 is 10.1 Å².